The van der Waals surface area contributed by atoms with Crippen molar-refractivity contribution in [2.45, 2.75) is 31.1 Å². The molecule has 1 aliphatic rings. The van der Waals surface area contributed by atoms with Gasteiger partial charge < -0.3 is 5.11 Å². The van der Waals surface area contributed by atoms with E-state index in [4.69, 9.17) is 5.11 Å². The molecule has 110 valence electrons. The second-order valence-corrected chi connectivity index (χ2v) is 6.75. The van der Waals surface area contributed by atoms with Gasteiger partial charge >= 0.3 is 5.97 Å². The second kappa shape index (κ2) is 5.49. The molecule has 0 aromatic heterocycles. The van der Waals surface area contributed by atoms with Gasteiger partial charge in [0.05, 0.1) is 10.5 Å². The number of aromatic carboxylic acids is 1. The number of rotatable bonds is 6. The van der Waals surface area contributed by atoms with Gasteiger partial charge in [0.25, 0.3) is 0 Å². The molecule has 1 aromatic rings. The van der Waals surface area contributed by atoms with Gasteiger partial charge in [-0.05, 0) is 31.4 Å². The first-order chi connectivity index (χ1) is 9.31. The highest BCUT2D eigenvalue weighted by Gasteiger charge is 2.24. The first-order valence-electron chi connectivity index (χ1n) is 6.34. The minimum atomic E-state index is -3.89. The van der Waals surface area contributed by atoms with Crippen molar-refractivity contribution in [3.05, 3.63) is 29.1 Å². The average Bonchev–Trinajstić information content (AvgIpc) is 3.15. The molecule has 1 aliphatic carbocycles. The van der Waals surface area contributed by atoms with Gasteiger partial charge in [0, 0.05) is 12.1 Å². The molecule has 1 saturated carbocycles. The standard InChI is InChI=1S/C13H16FNO4S/c1-8-11(14)6-10(13(16)17)7-12(8)20(18,19)15-5-4-9-2-3-9/h6-7,9,15H,2-5H2,1H3,(H,16,17). The summed E-state index contributed by atoms with van der Waals surface area (Å²) in [4.78, 5) is 10.6. The summed E-state index contributed by atoms with van der Waals surface area (Å²) >= 11 is 0. The molecular weight excluding hydrogens is 285 g/mol. The van der Waals surface area contributed by atoms with Crippen molar-refractivity contribution in [3.8, 4) is 0 Å². The normalized spacial score (nSPS) is 15.3. The molecule has 2 N–H and O–H groups in total. The summed E-state index contributed by atoms with van der Waals surface area (Å²) in [7, 11) is -3.89. The zero-order valence-electron chi connectivity index (χ0n) is 11.0. The Hall–Kier alpha value is -1.47. The van der Waals surface area contributed by atoms with Crippen LogP contribution in [0.1, 0.15) is 35.2 Å². The largest absolute Gasteiger partial charge is 0.478 e. The molecule has 0 unspecified atom stereocenters. The van der Waals surface area contributed by atoms with E-state index in [2.05, 4.69) is 4.72 Å². The number of carboxylic acid groups (broad SMARTS) is 1. The summed E-state index contributed by atoms with van der Waals surface area (Å²) in [5.41, 5.74) is -0.454. The van der Waals surface area contributed by atoms with Crippen molar-refractivity contribution in [2.75, 3.05) is 6.54 Å². The summed E-state index contributed by atoms with van der Waals surface area (Å²) in [6.07, 6.45) is 2.98. The molecule has 0 bridgehead atoms. The van der Waals surface area contributed by atoms with E-state index < -0.39 is 21.8 Å². The number of carboxylic acids is 1. The number of nitrogens with one attached hydrogen (secondary N) is 1. The SMILES string of the molecule is Cc1c(F)cc(C(=O)O)cc1S(=O)(=O)NCCC1CC1. The first kappa shape index (κ1) is 14.9. The highest BCUT2D eigenvalue weighted by Crippen LogP contribution is 2.32. The second-order valence-electron chi connectivity index (χ2n) is 5.02. The third-order valence-electron chi connectivity index (χ3n) is 3.37. The van der Waals surface area contributed by atoms with E-state index in [1.165, 1.54) is 6.92 Å². The van der Waals surface area contributed by atoms with Gasteiger partial charge in [-0.1, -0.05) is 12.8 Å². The van der Waals surface area contributed by atoms with Crippen molar-refractivity contribution in [1.29, 1.82) is 0 Å². The lowest BCUT2D eigenvalue weighted by Crippen LogP contribution is -2.26. The van der Waals surface area contributed by atoms with Gasteiger partial charge in [-0.2, -0.15) is 0 Å². The van der Waals surface area contributed by atoms with Crippen LogP contribution in [0.2, 0.25) is 0 Å². The fourth-order valence-corrected chi connectivity index (χ4v) is 3.26. The van der Waals surface area contributed by atoms with Crippen LogP contribution in [0.5, 0.6) is 0 Å². The molecule has 0 amide bonds. The third-order valence-corrected chi connectivity index (χ3v) is 4.96. The number of halogens is 1. The predicted molar refractivity (Wildman–Crippen MR) is 70.6 cm³/mol. The highest BCUT2D eigenvalue weighted by molar-refractivity contribution is 7.89. The van der Waals surface area contributed by atoms with Crippen LogP contribution in [0.4, 0.5) is 4.39 Å². The third kappa shape index (κ3) is 3.34. The molecule has 0 spiro atoms. The van der Waals surface area contributed by atoms with Crippen LogP contribution in [0.15, 0.2) is 17.0 Å². The van der Waals surface area contributed by atoms with E-state index in [1.807, 2.05) is 0 Å². The molecule has 1 aromatic carbocycles. The van der Waals surface area contributed by atoms with Crippen LogP contribution in [-0.2, 0) is 10.0 Å². The molecule has 0 atom stereocenters. The quantitative estimate of drug-likeness (QED) is 0.840. The zero-order chi connectivity index (χ0) is 14.9. The van der Waals surface area contributed by atoms with E-state index in [0.29, 0.717) is 5.92 Å². The highest BCUT2D eigenvalue weighted by atomic mass is 32.2. The maximum Gasteiger partial charge on any atom is 0.335 e. The molecular formula is C13H16FNO4S. The Labute approximate surface area is 116 Å². The Kier molecular flexibility index (Phi) is 4.10. The summed E-state index contributed by atoms with van der Waals surface area (Å²) in [5, 5.41) is 8.87. The lowest BCUT2D eigenvalue weighted by atomic mass is 10.1. The topological polar surface area (TPSA) is 83.5 Å². The maximum atomic E-state index is 13.6. The number of carbonyl (C=O) groups is 1. The summed E-state index contributed by atoms with van der Waals surface area (Å²) in [6.45, 7) is 1.60. The minimum Gasteiger partial charge on any atom is -0.478 e. The summed E-state index contributed by atoms with van der Waals surface area (Å²) in [6, 6.07) is 1.81. The molecule has 2 rings (SSSR count). The van der Waals surface area contributed by atoms with Crippen molar-refractivity contribution in [3.63, 3.8) is 0 Å². The molecule has 7 heteroatoms. The molecule has 0 saturated heterocycles. The van der Waals surface area contributed by atoms with Crippen LogP contribution >= 0.6 is 0 Å². The maximum absolute atomic E-state index is 13.6. The van der Waals surface area contributed by atoms with E-state index in [0.717, 1.165) is 31.4 Å². The van der Waals surface area contributed by atoms with Crippen molar-refractivity contribution in [1.82, 2.24) is 4.72 Å². The smallest absolute Gasteiger partial charge is 0.335 e. The number of hydrogen-bond donors (Lipinski definition) is 2. The number of benzene rings is 1. The first-order valence-corrected chi connectivity index (χ1v) is 7.82. The van der Waals surface area contributed by atoms with Crippen LogP contribution in [0, 0.1) is 18.7 Å². The molecule has 1 fully saturated rings. The Balaban J connectivity index is 2.26. The fourth-order valence-electron chi connectivity index (χ4n) is 1.94. The van der Waals surface area contributed by atoms with Crippen LogP contribution in [-0.4, -0.2) is 26.0 Å². The summed E-state index contributed by atoms with van der Waals surface area (Å²) < 4.78 is 40.3. The fraction of sp³-hybridized carbons (Fsp3) is 0.462. The van der Waals surface area contributed by atoms with Gasteiger partial charge in [-0.25, -0.2) is 22.3 Å². The van der Waals surface area contributed by atoms with Gasteiger partial charge in [0.2, 0.25) is 10.0 Å². The van der Waals surface area contributed by atoms with Gasteiger partial charge in [0.15, 0.2) is 0 Å². The Morgan fingerprint density at radius 3 is 2.65 bits per heavy atom. The zero-order valence-corrected chi connectivity index (χ0v) is 11.8. The van der Waals surface area contributed by atoms with E-state index in [1.54, 1.807) is 0 Å². The van der Waals surface area contributed by atoms with Crippen molar-refractivity contribution < 1.29 is 22.7 Å². The predicted octanol–water partition coefficient (Wildman–Crippen LogP) is 1.91. The van der Waals surface area contributed by atoms with Crippen LogP contribution < -0.4 is 4.72 Å². The Morgan fingerprint density at radius 2 is 2.10 bits per heavy atom. The van der Waals surface area contributed by atoms with Crippen molar-refractivity contribution in [2.24, 2.45) is 5.92 Å². The van der Waals surface area contributed by atoms with E-state index >= 15 is 0 Å². The summed E-state index contributed by atoms with van der Waals surface area (Å²) in [5.74, 6) is -1.63. The van der Waals surface area contributed by atoms with E-state index in [-0.39, 0.29) is 22.6 Å². The number of hydrogen-bond acceptors (Lipinski definition) is 3. The lowest BCUT2D eigenvalue weighted by molar-refractivity contribution is 0.0696. The average molecular weight is 301 g/mol. The Morgan fingerprint density at radius 1 is 1.45 bits per heavy atom. The molecule has 0 aliphatic heterocycles. The number of sulfonamides is 1. The van der Waals surface area contributed by atoms with Gasteiger partial charge in [0.1, 0.15) is 5.82 Å². The monoisotopic (exact) mass is 301 g/mol. The van der Waals surface area contributed by atoms with E-state index in [9.17, 15) is 17.6 Å². The Bertz CT molecular complexity index is 638. The molecule has 0 radical (unpaired) electrons. The lowest BCUT2D eigenvalue weighted by Gasteiger charge is -2.11. The molecule has 5 nitrogen and oxygen atoms in total. The minimum absolute atomic E-state index is 0.0751. The van der Waals surface area contributed by atoms with Crippen molar-refractivity contribution >= 4 is 16.0 Å². The van der Waals surface area contributed by atoms with Crippen LogP contribution in [0.3, 0.4) is 0 Å². The molecule has 0 heterocycles. The molecule has 20 heavy (non-hydrogen) atoms. The van der Waals surface area contributed by atoms with Gasteiger partial charge in [-0.3, -0.25) is 0 Å². The van der Waals surface area contributed by atoms with Crippen LogP contribution in [0.25, 0.3) is 0 Å². The van der Waals surface area contributed by atoms with Gasteiger partial charge in [-0.15, -0.1) is 0 Å².